The molecule has 136 valence electrons. The first-order chi connectivity index (χ1) is 11.8. The molecular formula is C15H21N5O4S. The first kappa shape index (κ1) is 16.7. The van der Waals surface area contributed by atoms with Crippen molar-refractivity contribution in [3.63, 3.8) is 0 Å². The van der Waals surface area contributed by atoms with Gasteiger partial charge in [0, 0.05) is 31.1 Å². The Morgan fingerprint density at radius 3 is 2.80 bits per heavy atom. The topological polar surface area (TPSA) is 114 Å². The van der Waals surface area contributed by atoms with Gasteiger partial charge in [-0.25, -0.2) is 8.42 Å². The maximum atomic E-state index is 12.8. The molecule has 1 aliphatic heterocycles. The molecule has 2 aromatic rings. The summed E-state index contributed by atoms with van der Waals surface area (Å²) < 4.78 is 33.7. The van der Waals surface area contributed by atoms with Crippen LogP contribution in [0.3, 0.4) is 0 Å². The Morgan fingerprint density at radius 1 is 1.40 bits per heavy atom. The van der Waals surface area contributed by atoms with Gasteiger partial charge in [-0.2, -0.15) is 14.4 Å². The van der Waals surface area contributed by atoms with E-state index in [0.29, 0.717) is 11.7 Å². The average molecular weight is 367 g/mol. The zero-order chi connectivity index (χ0) is 17.8. The van der Waals surface area contributed by atoms with E-state index in [2.05, 4.69) is 15.2 Å². The summed E-state index contributed by atoms with van der Waals surface area (Å²) in [5, 5.41) is 18.8. The third kappa shape index (κ3) is 2.87. The molecule has 9 nitrogen and oxygen atoms in total. The molecule has 0 unspecified atom stereocenters. The predicted molar refractivity (Wildman–Crippen MR) is 86.2 cm³/mol. The fourth-order valence-electron chi connectivity index (χ4n) is 2.96. The van der Waals surface area contributed by atoms with Crippen molar-refractivity contribution in [3.05, 3.63) is 24.1 Å². The van der Waals surface area contributed by atoms with Crippen LogP contribution in [-0.2, 0) is 15.6 Å². The van der Waals surface area contributed by atoms with Gasteiger partial charge in [0.2, 0.25) is 10.0 Å². The summed E-state index contributed by atoms with van der Waals surface area (Å²) in [5.41, 5.74) is -1.44. The standard InChI is InChI=1S/C15H21N5O4S/c1-10(2)20-8-12(7-16-20)25(22,23)19-6-5-15(21,9-19)14-17-13(18-24-14)11-3-4-11/h7-8,10-11,21H,3-6,9H2,1-2H3/t15-/m0/s1. The van der Waals surface area contributed by atoms with Crippen molar-refractivity contribution in [3.8, 4) is 0 Å². The van der Waals surface area contributed by atoms with Gasteiger partial charge in [0.1, 0.15) is 4.90 Å². The molecule has 0 aromatic carbocycles. The number of nitrogens with zero attached hydrogens (tertiary/aromatic N) is 5. The van der Waals surface area contributed by atoms with Gasteiger partial charge in [-0.05, 0) is 26.7 Å². The third-order valence-corrected chi connectivity index (χ3v) is 6.54. The van der Waals surface area contributed by atoms with Gasteiger partial charge < -0.3 is 9.63 Å². The van der Waals surface area contributed by atoms with Crippen LogP contribution in [0.2, 0.25) is 0 Å². The molecule has 2 aromatic heterocycles. The van der Waals surface area contributed by atoms with E-state index in [9.17, 15) is 13.5 Å². The first-order valence-corrected chi connectivity index (χ1v) is 9.84. The van der Waals surface area contributed by atoms with Crippen LogP contribution in [0, 0.1) is 0 Å². The summed E-state index contributed by atoms with van der Waals surface area (Å²) in [6.07, 6.45) is 5.12. The molecule has 0 bridgehead atoms. The van der Waals surface area contributed by atoms with Crippen molar-refractivity contribution in [2.75, 3.05) is 13.1 Å². The van der Waals surface area contributed by atoms with Crippen molar-refractivity contribution in [2.24, 2.45) is 0 Å². The van der Waals surface area contributed by atoms with Gasteiger partial charge in [0.15, 0.2) is 11.4 Å². The van der Waals surface area contributed by atoms with Gasteiger partial charge in [0.05, 0.1) is 12.7 Å². The molecule has 1 saturated carbocycles. The summed E-state index contributed by atoms with van der Waals surface area (Å²) in [7, 11) is -3.73. The van der Waals surface area contributed by atoms with E-state index in [4.69, 9.17) is 4.52 Å². The molecule has 1 N–H and O–H groups in total. The summed E-state index contributed by atoms with van der Waals surface area (Å²) in [6, 6.07) is 0.0682. The quantitative estimate of drug-likeness (QED) is 0.838. The fraction of sp³-hybridized carbons (Fsp3) is 0.667. The highest BCUT2D eigenvalue weighted by Gasteiger charge is 2.47. The number of rotatable bonds is 5. The maximum Gasteiger partial charge on any atom is 0.260 e. The summed E-state index contributed by atoms with van der Waals surface area (Å²) in [4.78, 5) is 4.40. The predicted octanol–water partition coefficient (Wildman–Crippen LogP) is 1.01. The van der Waals surface area contributed by atoms with Gasteiger partial charge >= 0.3 is 0 Å². The lowest BCUT2D eigenvalue weighted by atomic mass is 10.0. The molecule has 2 fully saturated rings. The lowest BCUT2D eigenvalue weighted by molar-refractivity contribution is 0.0194. The number of hydrogen-bond acceptors (Lipinski definition) is 7. The van der Waals surface area contributed by atoms with E-state index < -0.39 is 15.6 Å². The minimum atomic E-state index is -3.73. The molecule has 10 heteroatoms. The second-order valence-corrected chi connectivity index (χ2v) is 9.04. The lowest BCUT2D eigenvalue weighted by Crippen LogP contribution is -2.34. The summed E-state index contributed by atoms with van der Waals surface area (Å²) >= 11 is 0. The first-order valence-electron chi connectivity index (χ1n) is 8.40. The summed E-state index contributed by atoms with van der Waals surface area (Å²) in [5.74, 6) is 1.01. The Kier molecular flexibility index (Phi) is 3.74. The summed E-state index contributed by atoms with van der Waals surface area (Å²) in [6.45, 7) is 3.93. The van der Waals surface area contributed by atoms with Crippen LogP contribution in [0.5, 0.6) is 0 Å². The van der Waals surface area contributed by atoms with Crippen LogP contribution in [0.4, 0.5) is 0 Å². The Balaban J connectivity index is 1.55. The van der Waals surface area contributed by atoms with Crippen molar-refractivity contribution in [2.45, 2.75) is 55.6 Å². The largest absolute Gasteiger partial charge is 0.379 e. The highest BCUT2D eigenvalue weighted by molar-refractivity contribution is 7.89. The Morgan fingerprint density at radius 2 is 2.16 bits per heavy atom. The van der Waals surface area contributed by atoms with Gasteiger partial charge in [-0.15, -0.1) is 0 Å². The molecular weight excluding hydrogens is 346 g/mol. The smallest absolute Gasteiger partial charge is 0.260 e. The van der Waals surface area contributed by atoms with E-state index in [-0.39, 0.29) is 36.3 Å². The van der Waals surface area contributed by atoms with E-state index in [0.717, 1.165) is 12.8 Å². The maximum absolute atomic E-state index is 12.8. The zero-order valence-corrected chi connectivity index (χ0v) is 15.0. The minimum Gasteiger partial charge on any atom is -0.379 e. The number of aromatic nitrogens is 4. The molecule has 1 saturated heterocycles. The molecule has 0 radical (unpaired) electrons. The second kappa shape index (κ2) is 5.61. The molecule has 0 spiro atoms. The van der Waals surface area contributed by atoms with Crippen LogP contribution in [-0.4, -0.2) is 50.8 Å². The zero-order valence-electron chi connectivity index (χ0n) is 14.2. The molecule has 0 amide bonds. The van der Waals surface area contributed by atoms with E-state index in [1.807, 2.05) is 13.8 Å². The van der Waals surface area contributed by atoms with Crippen LogP contribution >= 0.6 is 0 Å². The average Bonchev–Trinajstić information content (AvgIpc) is 3.01. The van der Waals surface area contributed by atoms with Crippen LogP contribution in [0.15, 0.2) is 21.8 Å². The molecule has 4 rings (SSSR count). The van der Waals surface area contributed by atoms with Crippen molar-refractivity contribution in [1.82, 2.24) is 24.2 Å². The molecule has 25 heavy (non-hydrogen) atoms. The van der Waals surface area contributed by atoms with Gasteiger partial charge in [-0.1, -0.05) is 5.16 Å². The number of β-amino-alcohol motifs (C(OH)–C–C–N with tert-alkyl or cyclic N) is 1. The number of aliphatic hydroxyl groups is 1. The molecule has 1 aliphatic carbocycles. The molecule has 1 atom stereocenters. The Labute approximate surface area is 145 Å². The van der Waals surface area contributed by atoms with Crippen molar-refractivity contribution < 1.29 is 18.0 Å². The Hall–Kier alpha value is -1.78. The van der Waals surface area contributed by atoms with Crippen molar-refractivity contribution >= 4 is 10.0 Å². The highest BCUT2D eigenvalue weighted by Crippen LogP contribution is 2.40. The SMILES string of the molecule is CC(C)n1cc(S(=O)(=O)N2CC[C@@](O)(c3nc(C4CC4)no3)C2)cn1. The van der Waals surface area contributed by atoms with Gasteiger partial charge in [-0.3, -0.25) is 4.68 Å². The third-order valence-electron chi connectivity index (χ3n) is 4.74. The van der Waals surface area contributed by atoms with Crippen LogP contribution in [0.25, 0.3) is 0 Å². The van der Waals surface area contributed by atoms with Crippen molar-refractivity contribution in [1.29, 1.82) is 0 Å². The van der Waals surface area contributed by atoms with E-state index in [1.54, 1.807) is 4.68 Å². The van der Waals surface area contributed by atoms with Crippen LogP contribution in [0.1, 0.15) is 56.8 Å². The normalized spacial score (nSPS) is 25.1. The molecule has 2 aliphatic rings. The van der Waals surface area contributed by atoms with E-state index >= 15 is 0 Å². The van der Waals surface area contributed by atoms with E-state index in [1.165, 1.54) is 16.7 Å². The second-order valence-electron chi connectivity index (χ2n) is 7.10. The molecule has 3 heterocycles. The van der Waals surface area contributed by atoms with Crippen LogP contribution < -0.4 is 0 Å². The number of sulfonamides is 1. The number of hydrogen-bond donors (Lipinski definition) is 1. The lowest BCUT2D eigenvalue weighted by Gasteiger charge is -2.19. The monoisotopic (exact) mass is 367 g/mol. The van der Waals surface area contributed by atoms with Gasteiger partial charge in [0.25, 0.3) is 5.89 Å². The fourth-order valence-corrected chi connectivity index (χ4v) is 4.39. The highest BCUT2D eigenvalue weighted by atomic mass is 32.2. The Bertz CT molecular complexity index is 885. The minimum absolute atomic E-state index is 0.0682.